The molecule has 19 heavy (non-hydrogen) atoms. The van der Waals surface area contributed by atoms with Crippen molar-refractivity contribution in [2.24, 2.45) is 0 Å². The fraction of sp³-hybridized carbons (Fsp3) is 0.214. The summed E-state index contributed by atoms with van der Waals surface area (Å²) in [7, 11) is 1.85. The van der Waals surface area contributed by atoms with Crippen LogP contribution in [0.15, 0.2) is 42.6 Å². The molecular weight excluding hydrogens is 264 g/mol. The Labute approximate surface area is 117 Å². The zero-order chi connectivity index (χ0) is 13.7. The van der Waals surface area contributed by atoms with Gasteiger partial charge in [-0.15, -0.1) is 0 Å². The maximum Gasteiger partial charge on any atom is 0.171 e. The lowest BCUT2D eigenvalue weighted by molar-refractivity contribution is 0.303. The predicted molar refractivity (Wildman–Crippen MR) is 76.1 cm³/mol. The van der Waals surface area contributed by atoms with Gasteiger partial charge < -0.3 is 14.7 Å². The van der Waals surface area contributed by atoms with E-state index in [0.717, 1.165) is 0 Å². The Morgan fingerprint density at radius 3 is 2.68 bits per heavy atom. The number of hydrogen-bond donors (Lipinski definition) is 1. The van der Waals surface area contributed by atoms with Gasteiger partial charge in [-0.2, -0.15) is 0 Å². The van der Waals surface area contributed by atoms with Gasteiger partial charge in [0.1, 0.15) is 5.75 Å². The summed E-state index contributed by atoms with van der Waals surface area (Å²) in [5, 5.41) is 9.65. The zero-order valence-corrected chi connectivity index (χ0v) is 11.3. The second kappa shape index (κ2) is 6.41. The van der Waals surface area contributed by atoms with E-state index in [2.05, 4.69) is 4.98 Å². The molecule has 0 unspecified atom stereocenters. The van der Waals surface area contributed by atoms with Gasteiger partial charge in [0.15, 0.2) is 11.6 Å². The fourth-order valence-electron chi connectivity index (χ4n) is 1.63. The summed E-state index contributed by atoms with van der Waals surface area (Å²) in [6, 6.07) is 10.8. The highest BCUT2D eigenvalue weighted by Crippen LogP contribution is 2.29. The molecule has 0 amide bonds. The van der Waals surface area contributed by atoms with E-state index < -0.39 is 0 Å². The second-order valence-electron chi connectivity index (χ2n) is 4.03. The molecule has 100 valence electrons. The Balaban J connectivity index is 2.22. The molecule has 0 saturated carbocycles. The van der Waals surface area contributed by atoms with Crippen LogP contribution >= 0.6 is 11.6 Å². The summed E-state index contributed by atoms with van der Waals surface area (Å²) in [4.78, 5) is 6.11. The molecule has 0 aliphatic carbocycles. The standard InChI is InChI=1S/C14H15ClN2O2/c1-17(9-10-18)14-13(3-2-8-16-14)19-12-6-4-11(15)5-7-12/h2-8,18H,9-10H2,1H3. The maximum atomic E-state index is 8.98. The molecule has 1 aromatic carbocycles. The van der Waals surface area contributed by atoms with Crippen molar-refractivity contribution in [3.8, 4) is 11.5 Å². The van der Waals surface area contributed by atoms with Crippen LogP contribution in [-0.4, -0.2) is 30.3 Å². The number of rotatable bonds is 5. The van der Waals surface area contributed by atoms with Gasteiger partial charge in [0.05, 0.1) is 6.61 Å². The Kier molecular flexibility index (Phi) is 4.60. The molecule has 0 saturated heterocycles. The summed E-state index contributed by atoms with van der Waals surface area (Å²) in [6.45, 7) is 0.557. The van der Waals surface area contributed by atoms with E-state index in [1.165, 1.54) is 0 Å². The van der Waals surface area contributed by atoms with Crippen LogP contribution in [0.25, 0.3) is 0 Å². The lowest BCUT2D eigenvalue weighted by Crippen LogP contribution is -2.22. The van der Waals surface area contributed by atoms with Crippen molar-refractivity contribution in [2.45, 2.75) is 0 Å². The van der Waals surface area contributed by atoms with Crippen molar-refractivity contribution in [1.29, 1.82) is 0 Å². The van der Waals surface area contributed by atoms with Crippen molar-refractivity contribution >= 4 is 17.4 Å². The van der Waals surface area contributed by atoms with Gasteiger partial charge in [-0.25, -0.2) is 4.98 Å². The number of aromatic nitrogens is 1. The van der Waals surface area contributed by atoms with Gasteiger partial charge in [-0.3, -0.25) is 0 Å². The number of benzene rings is 1. The average Bonchev–Trinajstić information content (AvgIpc) is 2.42. The van der Waals surface area contributed by atoms with E-state index in [9.17, 15) is 0 Å². The lowest BCUT2D eigenvalue weighted by atomic mass is 10.3. The van der Waals surface area contributed by atoms with Crippen LogP contribution < -0.4 is 9.64 Å². The van der Waals surface area contributed by atoms with Gasteiger partial charge in [0, 0.05) is 24.8 Å². The van der Waals surface area contributed by atoms with Gasteiger partial charge in [0.25, 0.3) is 0 Å². The summed E-state index contributed by atoms with van der Waals surface area (Å²) < 4.78 is 5.79. The number of ether oxygens (including phenoxy) is 1. The average molecular weight is 279 g/mol. The molecule has 0 atom stereocenters. The summed E-state index contributed by atoms with van der Waals surface area (Å²) in [5.74, 6) is 2.02. The highest BCUT2D eigenvalue weighted by molar-refractivity contribution is 6.30. The molecule has 1 heterocycles. The van der Waals surface area contributed by atoms with E-state index in [1.807, 2.05) is 24.1 Å². The number of anilines is 1. The minimum atomic E-state index is 0.0630. The fourth-order valence-corrected chi connectivity index (χ4v) is 1.76. The largest absolute Gasteiger partial charge is 0.453 e. The smallest absolute Gasteiger partial charge is 0.171 e. The van der Waals surface area contributed by atoms with Crippen LogP contribution in [0.1, 0.15) is 0 Å². The van der Waals surface area contributed by atoms with Crippen molar-refractivity contribution in [3.63, 3.8) is 0 Å². The number of hydrogen-bond acceptors (Lipinski definition) is 4. The number of pyridine rings is 1. The van der Waals surface area contributed by atoms with Crippen LogP contribution in [0.2, 0.25) is 5.02 Å². The minimum absolute atomic E-state index is 0.0630. The quantitative estimate of drug-likeness (QED) is 0.913. The number of aliphatic hydroxyl groups excluding tert-OH is 1. The lowest BCUT2D eigenvalue weighted by Gasteiger charge is -2.19. The molecule has 0 fully saturated rings. The van der Waals surface area contributed by atoms with Gasteiger partial charge in [-0.05, 0) is 36.4 Å². The molecule has 1 N–H and O–H groups in total. The molecule has 2 rings (SSSR count). The van der Waals surface area contributed by atoms with Crippen molar-refractivity contribution < 1.29 is 9.84 Å². The first-order chi connectivity index (χ1) is 9.20. The van der Waals surface area contributed by atoms with Crippen molar-refractivity contribution in [1.82, 2.24) is 4.98 Å². The van der Waals surface area contributed by atoms with Crippen LogP contribution in [0.5, 0.6) is 11.5 Å². The SMILES string of the molecule is CN(CCO)c1ncccc1Oc1ccc(Cl)cc1. The highest BCUT2D eigenvalue weighted by atomic mass is 35.5. The zero-order valence-electron chi connectivity index (χ0n) is 10.6. The Hall–Kier alpha value is -1.78. The van der Waals surface area contributed by atoms with Gasteiger partial charge in [0.2, 0.25) is 0 Å². The molecule has 4 nitrogen and oxygen atoms in total. The molecule has 0 bridgehead atoms. The normalized spacial score (nSPS) is 10.3. The third-order valence-electron chi connectivity index (χ3n) is 2.59. The molecule has 1 aromatic heterocycles. The molecule has 0 aliphatic rings. The first-order valence-corrected chi connectivity index (χ1v) is 6.29. The first kappa shape index (κ1) is 13.6. The number of nitrogens with zero attached hydrogens (tertiary/aromatic N) is 2. The first-order valence-electron chi connectivity index (χ1n) is 5.91. The number of halogens is 1. The van der Waals surface area contributed by atoms with Crippen molar-refractivity contribution in [2.75, 3.05) is 25.1 Å². The Morgan fingerprint density at radius 1 is 1.26 bits per heavy atom. The van der Waals surface area contributed by atoms with Crippen LogP contribution in [0.4, 0.5) is 5.82 Å². The summed E-state index contributed by atoms with van der Waals surface area (Å²) in [6.07, 6.45) is 1.69. The molecule has 0 spiro atoms. The van der Waals surface area contributed by atoms with E-state index in [4.69, 9.17) is 21.4 Å². The van der Waals surface area contributed by atoms with Gasteiger partial charge in [-0.1, -0.05) is 11.6 Å². The molecule has 5 heteroatoms. The van der Waals surface area contributed by atoms with Crippen LogP contribution in [0.3, 0.4) is 0 Å². The summed E-state index contributed by atoms with van der Waals surface area (Å²) >= 11 is 5.83. The second-order valence-corrected chi connectivity index (χ2v) is 4.46. The van der Waals surface area contributed by atoms with Gasteiger partial charge >= 0.3 is 0 Å². The number of likely N-dealkylation sites (N-methyl/N-ethyl adjacent to an activating group) is 1. The van der Waals surface area contributed by atoms with Crippen LogP contribution in [0, 0.1) is 0 Å². The van der Waals surface area contributed by atoms with Crippen LogP contribution in [-0.2, 0) is 0 Å². The highest BCUT2D eigenvalue weighted by Gasteiger charge is 2.10. The van der Waals surface area contributed by atoms with E-state index in [0.29, 0.717) is 28.9 Å². The van der Waals surface area contributed by atoms with Crippen molar-refractivity contribution in [3.05, 3.63) is 47.6 Å². The molecule has 0 radical (unpaired) electrons. The number of aliphatic hydroxyl groups is 1. The molecular formula is C14H15ClN2O2. The minimum Gasteiger partial charge on any atom is -0.453 e. The molecule has 2 aromatic rings. The third-order valence-corrected chi connectivity index (χ3v) is 2.84. The summed E-state index contributed by atoms with van der Waals surface area (Å²) in [5.41, 5.74) is 0. The monoisotopic (exact) mass is 278 g/mol. The maximum absolute atomic E-state index is 8.98. The Bertz CT molecular complexity index is 531. The van der Waals surface area contributed by atoms with E-state index in [1.54, 1.807) is 30.5 Å². The van der Waals surface area contributed by atoms with E-state index >= 15 is 0 Å². The predicted octanol–water partition coefficient (Wildman–Crippen LogP) is 2.96. The topological polar surface area (TPSA) is 45.6 Å². The van der Waals surface area contributed by atoms with E-state index in [-0.39, 0.29) is 6.61 Å². The molecule has 0 aliphatic heterocycles. The Morgan fingerprint density at radius 2 is 2.00 bits per heavy atom. The third kappa shape index (κ3) is 3.59.